The van der Waals surface area contributed by atoms with Gasteiger partial charge in [0.2, 0.25) is 5.91 Å². The topological polar surface area (TPSA) is 47.6 Å². The molecular formula is C19H21NO3. The van der Waals surface area contributed by atoms with Crippen molar-refractivity contribution in [3.63, 3.8) is 0 Å². The second-order valence-electron chi connectivity index (χ2n) is 5.67. The number of hydrogen-bond acceptors (Lipinski definition) is 3. The first-order chi connectivity index (χ1) is 11.3. The van der Waals surface area contributed by atoms with Crippen LogP contribution in [-0.2, 0) is 16.0 Å². The number of benzene rings is 2. The van der Waals surface area contributed by atoms with Crippen molar-refractivity contribution in [3.05, 3.63) is 60.2 Å². The standard InChI is InChI=1S/C19H21NO3/c21-19(20-14-18-7-4-12-22-18)13-15-8-10-17(11-9-15)23-16-5-2-1-3-6-16/h1-3,5-6,8-11,18H,4,7,12-14H2,(H,20,21). The molecule has 2 aromatic carbocycles. The van der Waals surface area contributed by atoms with Crippen LogP contribution in [0, 0.1) is 0 Å². The van der Waals surface area contributed by atoms with Crippen molar-refractivity contribution in [3.8, 4) is 11.5 Å². The molecule has 1 unspecified atom stereocenters. The minimum absolute atomic E-state index is 0.0252. The van der Waals surface area contributed by atoms with Gasteiger partial charge in [-0.05, 0) is 42.7 Å². The molecular weight excluding hydrogens is 290 g/mol. The van der Waals surface area contributed by atoms with E-state index in [0.717, 1.165) is 36.5 Å². The number of nitrogens with one attached hydrogen (secondary N) is 1. The van der Waals surface area contributed by atoms with Gasteiger partial charge in [0.1, 0.15) is 11.5 Å². The number of carbonyl (C=O) groups is 1. The maximum Gasteiger partial charge on any atom is 0.224 e. The van der Waals surface area contributed by atoms with Crippen LogP contribution >= 0.6 is 0 Å². The van der Waals surface area contributed by atoms with E-state index in [0.29, 0.717) is 13.0 Å². The highest BCUT2D eigenvalue weighted by molar-refractivity contribution is 5.78. The normalized spacial score (nSPS) is 17.0. The van der Waals surface area contributed by atoms with Crippen LogP contribution in [0.15, 0.2) is 54.6 Å². The number of ether oxygens (including phenoxy) is 2. The molecule has 1 saturated heterocycles. The summed E-state index contributed by atoms with van der Waals surface area (Å²) < 4.78 is 11.2. The van der Waals surface area contributed by atoms with Crippen molar-refractivity contribution in [1.29, 1.82) is 0 Å². The Morgan fingerprint density at radius 2 is 1.83 bits per heavy atom. The van der Waals surface area contributed by atoms with Crippen molar-refractivity contribution in [2.24, 2.45) is 0 Å². The van der Waals surface area contributed by atoms with Gasteiger partial charge in [-0.15, -0.1) is 0 Å². The molecule has 4 nitrogen and oxygen atoms in total. The molecule has 0 aliphatic carbocycles. The molecule has 1 aliphatic heterocycles. The maximum atomic E-state index is 11.9. The quantitative estimate of drug-likeness (QED) is 0.890. The van der Waals surface area contributed by atoms with Crippen LogP contribution in [0.3, 0.4) is 0 Å². The molecule has 0 saturated carbocycles. The fourth-order valence-electron chi connectivity index (χ4n) is 2.58. The lowest BCUT2D eigenvalue weighted by Gasteiger charge is -2.11. The minimum atomic E-state index is 0.0252. The summed E-state index contributed by atoms with van der Waals surface area (Å²) in [5.41, 5.74) is 0.968. The summed E-state index contributed by atoms with van der Waals surface area (Å²) in [4.78, 5) is 11.9. The van der Waals surface area contributed by atoms with Gasteiger partial charge in [-0.2, -0.15) is 0 Å². The molecule has 4 heteroatoms. The fraction of sp³-hybridized carbons (Fsp3) is 0.316. The second kappa shape index (κ2) is 7.79. The highest BCUT2D eigenvalue weighted by atomic mass is 16.5. The van der Waals surface area contributed by atoms with Crippen molar-refractivity contribution in [2.75, 3.05) is 13.2 Å². The molecule has 0 aromatic heterocycles. The number of hydrogen-bond donors (Lipinski definition) is 1. The summed E-state index contributed by atoms with van der Waals surface area (Å²) in [7, 11) is 0. The van der Waals surface area contributed by atoms with Gasteiger partial charge in [-0.25, -0.2) is 0 Å². The SMILES string of the molecule is O=C(Cc1ccc(Oc2ccccc2)cc1)NCC1CCCO1. The minimum Gasteiger partial charge on any atom is -0.457 e. The zero-order chi connectivity index (χ0) is 15.9. The molecule has 1 N–H and O–H groups in total. The Kier molecular flexibility index (Phi) is 5.27. The van der Waals surface area contributed by atoms with Gasteiger partial charge in [-0.1, -0.05) is 30.3 Å². The summed E-state index contributed by atoms with van der Waals surface area (Å²) >= 11 is 0. The smallest absolute Gasteiger partial charge is 0.224 e. The molecule has 1 fully saturated rings. The van der Waals surface area contributed by atoms with E-state index in [4.69, 9.17) is 9.47 Å². The highest BCUT2D eigenvalue weighted by Crippen LogP contribution is 2.21. The van der Waals surface area contributed by atoms with Gasteiger partial charge in [-0.3, -0.25) is 4.79 Å². The average Bonchev–Trinajstić information content (AvgIpc) is 3.09. The third kappa shape index (κ3) is 4.83. The molecule has 3 rings (SSSR count). The molecule has 0 bridgehead atoms. The first kappa shape index (κ1) is 15.6. The van der Waals surface area contributed by atoms with Crippen LogP contribution in [0.1, 0.15) is 18.4 Å². The summed E-state index contributed by atoms with van der Waals surface area (Å²) in [5, 5.41) is 2.93. The predicted molar refractivity (Wildman–Crippen MR) is 88.6 cm³/mol. The van der Waals surface area contributed by atoms with E-state index in [2.05, 4.69) is 5.32 Å². The Balaban J connectivity index is 1.47. The van der Waals surface area contributed by atoms with Crippen LogP contribution in [0.25, 0.3) is 0 Å². The molecule has 2 aromatic rings. The molecule has 0 spiro atoms. The Bertz CT molecular complexity index is 619. The first-order valence-electron chi connectivity index (χ1n) is 8.00. The zero-order valence-corrected chi connectivity index (χ0v) is 13.0. The van der Waals surface area contributed by atoms with E-state index in [-0.39, 0.29) is 12.0 Å². The van der Waals surface area contributed by atoms with Gasteiger partial charge >= 0.3 is 0 Å². The molecule has 23 heavy (non-hydrogen) atoms. The van der Waals surface area contributed by atoms with E-state index in [1.54, 1.807) is 0 Å². The fourth-order valence-corrected chi connectivity index (χ4v) is 2.58. The third-order valence-corrected chi connectivity index (χ3v) is 3.82. The van der Waals surface area contributed by atoms with E-state index < -0.39 is 0 Å². The molecule has 1 amide bonds. The lowest BCUT2D eigenvalue weighted by atomic mass is 10.1. The van der Waals surface area contributed by atoms with Crippen LogP contribution in [-0.4, -0.2) is 25.2 Å². The Morgan fingerprint density at radius 1 is 1.09 bits per heavy atom. The first-order valence-corrected chi connectivity index (χ1v) is 8.00. The summed E-state index contributed by atoms with van der Waals surface area (Å²) in [5.74, 6) is 1.59. The van der Waals surface area contributed by atoms with Crippen molar-refractivity contribution in [2.45, 2.75) is 25.4 Å². The Morgan fingerprint density at radius 3 is 2.52 bits per heavy atom. The second-order valence-corrected chi connectivity index (χ2v) is 5.67. The van der Waals surface area contributed by atoms with Gasteiger partial charge in [0.25, 0.3) is 0 Å². The van der Waals surface area contributed by atoms with Crippen LogP contribution in [0.2, 0.25) is 0 Å². The van der Waals surface area contributed by atoms with Gasteiger partial charge in [0.15, 0.2) is 0 Å². The third-order valence-electron chi connectivity index (χ3n) is 3.82. The van der Waals surface area contributed by atoms with Gasteiger partial charge < -0.3 is 14.8 Å². The molecule has 1 atom stereocenters. The highest BCUT2D eigenvalue weighted by Gasteiger charge is 2.16. The summed E-state index contributed by atoms with van der Waals surface area (Å²) in [6.07, 6.45) is 2.67. The van der Waals surface area contributed by atoms with Crippen LogP contribution in [0.5, 0.6) is 11.5 Å². The van der Waals surface area contributed by atoms with E-state index in [1.807, 2.05) is 54.6 Å². The molecule has 1 heterocycles. The Labute approximate surface area is 136 Å². The monoisotopic (exact) mass is 311 g/mol. The van der Waals surface area contributed by atoms with Crippen LogP contribution in [0.4, 0.5) is 0 Å². The number of rotatable bonds is 6. The summed E-state index contributed by atoms with van der Waals surface area (Å²) in [6, 6.07) is 17.2. The molecule has 1 aliphatic rings. The number of amides is 1. The van der Waals surface area contributed by atoms with Crippen molar-refractivity contribution >= 4 is 5.91 Å². The van der Waals surface area contributed by atoms with Crippen molar-refractivity contribution in [1.82, 2.24) is 5.32 Å². The number of para-hydroxylation sites is 1. The molecule has 0 radical (unpaired) electrons. The van der Waals surface area contributed by atoms with Crippen LogP contribution < -0.4 is 10.1 Å². The largest absolute Gasteiger partial charge is 0.457 e. The van der Waals surface area contributed by atoms with E-state index in [1.165, 1.54) is 0 Å². The maximum absolute atomic E-state index is 11.9. The Hall–Kier alpha value is -2.33. The predicted octanol–water partition coefficient (Wildman–Crippen LogP) is 3.32. The summed E-state index contributed by atoms with van der Waals surface area (Å²) in [6.45, 7) is 1.41. The lowest BCUT2D eigenvalue weighted by Crippen LogP contribution is -2.32. The van der Waals surface area contributed by atoms with E-state index >= 15 is 0 Å². The van der Waals surface area contributed by atoms with Gasteiger partial charge in [0, 0.05) is 13.2 Å². The van der Waals surface area contributed by atoms with Crippen molar-refractivity contribution < 1.29 is 14.3 Å². The number of carbonyl (C=O) groups excluding carboxylic acids is 1. The van der Waals surface area contributed by atoms with Gasteiger partial charge in [0.05, 0.1) is 12.5 Å². The average molecular weight is 311 g/mol. The zero-order valence-electron chi connectivity index (χ0n) is 13.0. The van der Waals surface area contributed by atoms with E-state index in [9.17, 15) is 4.79 Å². The molecule has 120 valence electrons. The lowest BCUT2D eigenvalue weighted by molar-refractivity contribution is -0.120.